The average molecular weight is 411 g/mol. The predicted octanol–water partition coefficient (Wildman–Crippen LogP) is 6.49. The lowest BCUT2D eigenvalue weighted by atomic mass is 9.81. The van der Waals surface area contributed by atoms with Gasteiger partial charge in [0.25, 0.3) is 0 Å². The zero-order valence-electron chi connectivity index (χ0n) is 14.0. The van der Waals surface area contributed by atoms with Crippen molar-refractivity contribution in [2.24, 2.45) is 0 Å². The topological polar surface area (TPSA) is 20.2 Å². The molecule has 3 rings (SSSR count). The second-order valence-corrected chi connectivity index (χ2v) is 7.07. The molecule has 0 aliphatic heterocycles. The van der Waals surface area contributed by atoms with Crippen LogP contribution in [0.5, 0.6) is 0 Å². The van der Waals surface area contributed by atoms with E-state index in [1.807, 2.05) is 0 Å². The van der Waals surface area contributed by atoms with Gasteiger partial charge in [-0.2, -0.15) is 13.2 Å². The number of aliphatic hydroxyl groups is 1. The fourth-order valence-corrected chi connectivity index (χ4v) is 3.45. The summed E-state index contributed by atoms with van der Waals surface area (Å²) in [5.74, 6) is 0. The van der Waals surface area contributed by atoms with Crippen LogP contribution in [0.15, 0.2) is 72.8 Å². The molecule has 1 N–H and O–H groups in total. The van der Waals surface area contributed by atoms with Gasteiger partial charge in [-0.3, -0.25) is 0 Å². The molecule has 1 unspecified atom stereocenters. The number of hydrogen-bond donors (Lipinski definition) is 1. The molecule has 0 saturated heterocycles. The Morgan fingerprint density at radius 1 is 0.778 bits per heavy atom. The fraction of sp³-hybridized carbons (Fsp3) is 0.143. The molecule has 0 aliphatic carbocycles. The van der Waals surface area contributed by atoms with Gasteiger partial charge in [0, 0.05) is 22.0 Å². The van der Waals surface area contributed by atoms with Crippen molar-refractivity contribution in [3.8, 4) is 0 Å². The smallest absolute Gasteiger partial charge is 0.380 e. The van der Waals surface area contributed by atoms with Gasteiger partial charge in [0.15, 0.2) is 0 Å². The molecule has 0 bridgehead atoms. The molecule has 140 valence electrons. The second-order valence-electron chi connectivity index (χ2n) is 6.22. The SMILES string of the molecule is OC(Cc1cccc(C(F)(F)F)c1)(c1ccc(Cl)cc1)c1ccccc1Cl. The first kappa shape index (κ1) is 19.7. The highest BCUT2D eigenvalue weighted by molar-refractivity contribution is 6.31. The third-order valence-corrected chi connectivity index (χ3v) is 4.94. The Morgan fingerprint density at radius 2 is 1.44 bits per heavy atom. The lowest BCUT2D eigenvalue weighted by Gasteiger charge is -2.31. The maximum Gasteiger partial charge on any atom is 0.416 e. The molecular weight excluding hydrogens is 396 g/mol. The maximum absolute atomic E-state index is 13.1. The average Bonchev–Trinajstić information content (AvgIpc) is 2.62. The molecule has 0 amide bonds. The Hall–Kier alpha value is -2.01. The normalized spacial score (nSPS) is 14.0. The van der Waals surface area contributed by atoms with Crippen LogP contribution in [-0.4, -0.2) is 5.11 Å². The summed E-state index contributed by atoms with van der Waals surface area (Å²) in [7, 11) is 0. The summed E-state index contributed by atoms with van der Waals surface area (Å²) in [4.78, 5) is 0. The van der Waals surface area contributed by atoms with Gasteiger partial charge in [0.2, 0.25) is 0 Å². The third kappa shape index (κ3) is 4.29. The van der Waals surface area contributed by atoms with Gasteiger partial charge < -0.3 is 5.11 Å². The number of halogens is 5. The van der Waals surface area contributed by atoms with Gasteiger partial charge in [0.1, 0.15) is 5.60 Å². The zero-order valence-corrected chi connectivity index (χ0v) is 15.5. The minimum Gasteiger partial charge on any atom is -0.380 e. The maximum atomic E-state index is 13.1. The fourth-order valence-electron chi connectivity index (χ4n) is 3.03. The molecular formula is C21H15Cl2F3O. The van der Waals surface area contributed by atoms with Gasteiger partial charge >= 0.3 is 6.18 Å². The summed E-state index contributed by atoms with van der Waals surface area (Å²) in [6.07, 6.45) is -4.54. The highest BCUT2D eigenvalue weighted by Gasteiger charge is 2.35. The van der Waals surface area contributed by atoms with Crippen molar-refractivity contribution in [3.05, 3.63) is 105 Å². The van der Waals surface area contributed by atoms with Crippen molar-refractivity contribution >= 4 is 23.2 Å². The molecule has 1 atom stereocenters. The van der Waals surface area contributed by atoms with Crippen LogP contribution in [0.4, 0.5) is 13.2 Å². The largest absolute Gasteiger partial charge is 0.416 e. The van der Waals surface area contributed by atoms with Crippen LogP contribution in [0.3, 0.4) is 0 Å². The number of rotatable bonds is 4. The Morgan fingerprint density at radius 3 is 2.07 bits per heavy atom. The van der Waals surface area contributed by atoms with Crippen LogP contribution in [0.25, 0.3) is 0 Å². The monoisotopic (exact) mass is 410 g/mol. The van der Waals surface area contributed by atoms with E-state index in [1.165, 1.54) is 6.07 Å². The van der Waals surface area contributed by atoms with Crippen molar-refractivity contribution in [1.82, 2.24) is 0 Å². The predicted molar refractivity (Wildman–Crippen MR) is 101 cm³/mol. The third-order valence-electron chi connectivity index (χ3n) is 4.36. The van der Waals surface area contributed by atoms with E-state index in [0.717, 1.165) is 12.1 Å². The summed E-state index contributed by atoms with van der Waals surface area (Å²) in [5.41, 5.74) is -1.16. The summed E-state index contributed by atoms with van der Waals surface area (Å²) in [6, 6.07) is 18.1. The molecule has 1 nitrogen and oxygen atoms in total. The molecule has 0 heterocycles. The molecule has 27 heavy (non-hydrogen) atoms. The Labute approximate surface area is 165 Å². The standard InChI is InChI=1S/C21H15Cl2F3O/c22-17-10-8-15(9-11-17)20(27,18-6-1-2-7-19(18)23)13-14-4-3-5-16(12-14)21(24,25)26/h1-12,27H,13H2. The summed E-state index contributed by atoms with van der Waals surface area (Å²) < 4.78 is 39.2. The lowest BCUT2D eigenvalue weighted by molar-refractivity contribution is -0.137. The van der Waals surface area contributed by atoms with E-state index in [9.17, 15) is 18.3 Å². The number of alkyl halides is 3. The molecule has 0 fully saturated rings. The van der Waals surface area contributed by atoms with E-state index < -0.39 is 17.3 Å². The van der Waals surface area contributed by atoms with E-state index in [-0.39, 0.29) is 6.42 Å². The van der Waals surface area contributed by atoms with Crippen LogP contribution in [0.2, 0.25) is 10.0 Å². The van der Waals surface area contributed by atoms with Crippen LogP contribution in [-0.2, 0) is 18.2 Å². The van der Waals surface area contributed by atoms with Crippen LogP contribution in [0.1, 0.15) is 22.3 Å². The van der Waals surface area contributed by atoms with E-state index in [4.69, 9.17) is 23.2 Å². The van der Waals surface area contributed by atoms with Gasteiger partial charge in [0.05, 0.1) is 5.56 Å². The highest BCUT2D eigenvalue weighted by Crippen LogP contribution is 2.38. The first-order chi connectivity index (χ1) is 12.7. The van der Waals surface area contributed by atoms with Crippen molar-refractivity contribution < 1.29 is 18.3 Å². The van der Waals surface area contributed by atoms with E-state index in [1.54, 1.807) is 54.6 Å². The Kier molecular flexibility index (Phi) is 5.52. The minimum atomic E-state index is -4.46. The Balaban J connectivity index is 2.11. The highest BCUT2D eigenvalue weighted by atomic mass is 35.5. The summed E-state index contributed by atoms with van der Waals surface area (Å²) in [5, 5.41) is 12.4. The van der Waals surface area contributed by atoms with E-state index >= 15 is 0 Å². The molecule has 0 saturated carbocycles. The van der Waals surface area contributed by atoms with Gasteiger partial charge in [-0.1, -0.05) is 71.7 Å². The van der Waals surface area contributed by atoms with Crippen molar-refractivity contribution in [1.29, 1.82) is 0 Å². The quantitative estimate of drug-likeness (QED) is 0.520. The molecule has 0 aliphatic rings. The summed E-state index contributed by atoms with van der Waals surface area (Å²) >= 11 is 12.2. The molecule has 3 aromatic rings. The van der Waals surface area contributed by atoms with Crippen molar-refractivity contribution in [2.75, 3.05) is 0 Å². The van der Waals surface area contributed by atoms with Gasteiger partial charge in [-0.05, 0) is 35.4 Å². The van der Waals surface area contributed by atoms with Gasteiger partial charge in [-0.15, -0.1) is 0 Å². The van der Waals surface area contributed by atoms with E-state index in [0.29, 0.717) is 26.7 Å². The van der Waals surface area contributed by atoms with Crippen LogP contribution >= 0.6 is 23.2 Å². The van der Waals surface area contributed by atoms with Gasteiger partial charge in [-0.25, -0.2) is 0 Å². The van der Waals surface area contributed by atoms with Crippen molar-refractivity contribution in [3.63, 3.8) is 0 Å². The molecule has 0 spiro atoms. The van der Waals surface area contributed by atoms with E-state index in [2.05, 4.69) is 0 Å². The lowest BCUT2D eigenvalue weighted by Crippen LogP contribution is -2.30. The second kappa shape index (κ2) is 7.55. The molecule has 0 aromatic heterocycles. The molecule has 6 heteroatoms. The first-order valence-corrected chi connectivity index (χ1v) is 8.85. The Bertz CT molecular complexity index is 939. The molecule has 3 aromatic carbocycles. The summed E-state index contributed by atoms with van der Waals surface area (Å²) in [6.45, 7) is 0. The van der Waals surface area contributed by atoms with Crippen LogP contribution < -0.4 is 0 Å². The first-order valence-electron chi connectivity index (χ1n) is 8.10. The zero-order chi connectivity index (χ0) is 19.7. The minimum absolute atomic E-state index is 0.0811. The molecule has 0 radical (unpaired) electrons. The number of benzene rings is 3. The van der Waals surface area contributed by atoms with Crippen molar-refractivity contribution in [2.45, 2.75) is 18.2 Å². The number of hydrogen-bond acceptors (Lipinski definition) is 1. The van der Waals surface area contributed by atoms with Crippen LogP contribution in [0, 0.1) is 0 Å².